The summed E-state index contributed by atoms with van der Waals surface area (Å²) in [7, 11) is 0. The maximum atomic E-state index is 14.2. The van der Waals surface area contributed by atoms with Crippen LogP contribution < -0.4 is 5.32 Å². The lowest BCUT2D eigenvalue weighted by Gasteiger charge is -2.10. The maximum absolute atomic E-state index is 14.2. The van der Waals surface area contributed by atoms with Gasteiger partial charge in [0.15, 0.2) is 0 Å². The highest BCUT2D eigenvalue weighted by molar-refractivity contribution is 6.28. The highest BCUT2D eigenvalue weighted by atomic mass is 19.1. The van der Waals surface area contributed by atoms with Gasteiger partial charge in [-0.05, 0) is 37.6 Å². The van der Waals surface area contributed by atoms with Crippen LogP contribution in [0, 0.1) is 18.6 Å². The molecule has 2 amide bonds. The van der Waals surface area contributed by atoms with Gasteiger partial charge in [-0.3, -0.25) is 14.9 Å². The van der Waals surface area contributed by atoms with Crippen LogP contribution in [-0.2, 0) is 9.59 Å². The number of halogens is 2. The van der Waals surface area contributed by atoms with Gasteiger partial charge in [-0.1, -0.05) is 36.4 Å². The Hall–Kier alpha value is -3.08. The molecule has 1 N–H and O–H groups in total. The molecule has 0 saturated carbocycles. The van der Waals surface area contributed by atoms with E-state index < -0.39 is 23.4 Å². The number of carbonyl (C=O) groups excluding carboxylic acids is 2. The average Bonchev–Trinajstić information content (AvgIpc) is 2.54. The number of aryl methyl sites for hydroxylation is 1. The van der Waals surface area contributed by atoms with Crippen LogP contribution in [-0.4, -0.2) is 11.8 Å². The van der Waals surface area contributed by atoms with E-state index in [1.165, 1.54) is 13.0 Å². The number of hydrogen-bond acceptors (Lipinski definition) is 2. The molecule has 128 valence electrons. The molecule has 0 unspecified atom stereocenters. The Kier molecular flexibility index (Phi) is 5.60. The molecule has 0 aliphatic heterocycles. The van der Waals surface area contributed by atoms with E-state index in [0.717, 1.165) is 17.7 Å². The quantitative estimate of drug-likeness (QED) is 0.674. The fraction of sp³-hybridized carbons (Fsp3) is 0.100. The van der Waals surface area contributed by atoms with Crippen molar-refractivity contribution in [1.29, 1.82) is 0 Å². The van der Waals surface area contributed by atoms with Crippen molar-refractivity contribution in [2.45, 2.75) is 13.8 Å². The van der Waals surface area contributed by atoms with Crippen molar-refractivity contribution >= 4 is 23.5 Å². The average molecular weight is 341 g/mol. The SMILES string of the molecule is C=C(C)C(=O)NC(=O)/C(=C/c1ccc(C)cc1)c1ccc(F)cc1F. The molecule has 0 aromatic heterocycles. The Morgan fingerprint density at radius 3 is 2.24 bits per heavy atom. The first-order chi connectivity index (χ1) is 11.8. The number of nitrogens with one attached hydrogen (secondary N) is 1. The van der Waals surface area contributed by atoms with Gasteiger partial charge in [0.05, 0.1) is 5.57 Å². The Morgan fingerprint density at radius 1 is 1.04 bits per heavy atom. The van der Waals surface area contributed by atoms with Crippen LogP contribution in [0.25, 0.3) is 11.6 Å². The van der Waals surface area contributed by atoms with Crippen LogP contribution in [0.2, 0.25) is 0 Å². The second-order valence-electron chi connectivity index (χ2n) is 5.66. The maximum Gasteiger partial charge on any atom is 0.258 e. The number of imide groups is 1. The third-order valence-corrected chi connectivity index (χ3v) is 3.47. The largest absolute Gasteiger partial charge is 0.288 e. The van der Waals surface area contributed by atoms with Gasteiger partial charge >= 0.3 is 0 Å². The zero-order valence-electron chi connectivity index (χ0n) is 13.9. The highest BCUT2D eigenvalue weighted by Crippen LogP contribution is 2.23. The molecule has 0 saturated heterocycles. The van der Waals surface area contributed by atoms with E-state index in [2.05, 4.69) is 11.9 Å². The lowest BCUT2D eigenvalue weighted by Crippen LogP contribution is -2.31. The molecular formula is C20H17F2NO2. The summed E-state index contributed by atoms with van der Waals surface area (Å²) in [6, 6.07) is 10.1. The summed E-state index contributed by atoms with van der Waals surface area (Å²) in [4.78, 5) is 24.2. The number of amides is 2. The second-order valence-corrected chi connectivity index (χ2v) is 5.66. The second kappa shape index (κ2) is 7.66. The zero-order valence-corrected chi connectivity index (χ0v) is 13.9. The normalized spacial score (nSPS) is 11.1. The smallest absolute Gasteiger partial charge is 0.258 e. The molecule has 2 aromatic rings. The van der Waals surface area contributed by atoms with E-state index >= 15 is 0 Å². The van der Waals surface area contributed by atoms with E-state index in [-0.39, 0.29) is 16.7 Å². The molecule has 5 heteroatoms. The Bertz CT molecular complexity index is 868. The van der Waals surface area contributed by atoms with Gasteiger partial charge in [0.2, 0.25) is 0 Å². The van der Waals surface area contributed by atoms with Gasteiger partial charge in [0.1, 0.15) is 11.6 Å². The number of rotatable bonds is 4. The minimum absolute atomic E-state index is 0.0871. The van der Waals surface area contributed by atoms with E-state index in [9.17, 15) is 18.4 Å². The lowest BCUT2D eigenvalue weighted by atomic mass is 10.0. The van der Waals surface area contributed by atoms with Crippen LogP contribution in [0.3, 0.4) is 0 Å². The van der Waals surface area contributed by atoms with Gasteiger partial charge < -0.3 is 0 Å². The van der Waals surface area contributed by atoms with Gasteiger partial charge in [0, 0.05) is 17.2 Å². The van der Waals surface area contributed by atoms with Crippen molar-refractivity contribution in [3.63, 3.8) is 0 Å². The summed E-state index contributed by atoms with van der Waals surface area (Å²) in [6.45, 7) is 6.81. The summed E-state index contributed by atoms with van der Waals surface area (Å²) >= 11 is 0. The predicted molar refractivity (Wildman–Crippen MR) is 93.4 cm³/mol. The van der Waals surface area contributed by atoms with Crippen molar-refractivity contribution in [2.75, 3.05) is 0 Å². The molecule has 2 rings (SSSR count). The van der Waals surface area contributed by atoms with Crippen LogP contribution in [0.5, 0.6) is 0 Å². The van der Waals surface area contributed by atoms with Crippen molar-refractivity contribution in [3.8, 4) is 0 Å². The minimum Gasteiger partial charge on any atom is -0.288 e. The zero-order chi connectivity index (χ0) is 18.6. The fourth-order valence-electron chi connectivity index (χ4n) is 2.08. The molecule has 0 atom stereocenters. The number of benzene rings is 2. The van der Waals surface area contributed by atoms with Gasteiger partial charge in [-0.25, -0.2) is 8.78 Å². The summed E-state index contributed by atoms with van der Waals surface area (Å²) in [5, 5.41) is 2.15. The van der Waals surface area contributed by atoms with Gasteiger partial charge in [0.25, 0.3) is 11.8 Å². The van der Waals surface area contributed by atoms with Crippen molar-refractivity contribution < 1.29 is 18.4 Å². The number of carbonyl (C=O) groups is 2. The molecule has 0 aliphatic rings. The summed E-state index contributed by atoms with van der Waals surface area (Å²) in [6.07, 6.45) is 1.44. The molecule has 0 aliphatic carbocycles. The predicted octanol–water partition coefficient (Wildman–Crippen LogP) is 4.03. The first kappa shape index (κ1) is 18.3. The van der Waals surface area contributed by atoms with Crippen LogP contribution in [0.4, 0.5) is 8.78 Å². The van der Waals surface area contributed by atoms with Crippen LogP contribution in [0.15, 0.2) is 54.6 Å². The Labute approximate surface area is 144 Å². The van der Waals surface area contributed by atoms with Crippen molar-refractivity contribution in [1.82, 2.24) is 5.32 Å². The molecule has 2 aromatic carbocycles. The van der Waals surface area contributed by atoms with E-state index in [1.54, 1.807) is 12.1 Å². The molecule has 0 fully saturated rings. The molecular weight excluding hydrogens is 324 g/mol. The highest BCUT2D eigenvalue weighted by Gasteiger charge is 2.19. The first-order valence-corrected chi connectivity index (χ1v) is 7.53. The summed E-state index contributed by atoms with van der Waals surface area (Å²) in [5.74, 6) is -3.10. The van der Waals surface area contributed by atoms with Crippen molar-refractivity contribution in [3.05, 3.63) is 82.9 Å². The van der Waals surface area contributed by atoms with Gasteiger partial charge in [-0.2, -0.15) is 0 Å². The molecule has 0 bridgehead atoms. The Morgan fingerprint density at radius 2 is 1.68 bits per heavy atom. The monoisotopic (exact) mass is 341 g/mol. The third-order valence-electron chi connectivity index (χ3n) is 3.47. The van der Waals surface area contributed by atoms with Crippen molar-refractivity contribution in [2.24, 2.45) is 0 Å². The molecule has 0 radical (unpaired) electrons. The van der Waals surface area contributed by atoms with E-state index in [1.807, 2.05) is 19.1 Å². The molecule has 25 heavy (non-hydrogen) atoms. The minimum atomic E-state index is -0.892. The number of hydrogen-bond donors (Lipinski definition) is 1. The molecule has 3 nitrogen and oxygen atoms in total. The third kappa shape index (κ3) is 4.70. The topological polar surface area (TPSA) is 46.2 Å². The summed E-state index contributed by atoms with van der Waals surface area (Å²) in [5.41, 5.74) is 1.61. The first-order valence-electron chi connectivity index (χ1n) is 7.53. The van der Waals surface area contributed by atoms with E-state index in [4.69, 9.17) is 0 Å². The molecule has 0 spiro atoms. The molecule has 0 heterocycles. The fourth-order valence-corrected chi connectivity index (χ4v) is 2.08. The van der Waals surface area contributed by atoms with E-state index in [0.29, 0.717) is 11.6 Å². The Balaban J connectivity index is 2.50. The lowest BCUT2D eigenvalue weighted by molar-refractivity contribution is -0.125. The van der Waals surface area contributed by atoms with Gasteiger partial charge in [-0.15, -0.1) is 0 Å². The standard InChI is InChI=1S/C20H17F2NO2/c1-12(2)19(24)23-20(25)17(10-14-6-4-13(3)5-7-14)16-9-8-15(21)11-18(16)22/h4-11H,1H2,2-3H3,(H,23,24,25)/b17-10+. The summed E-state index contributed by atoms with van der Waals surface area (Å²) < 4.78 is 27.3. The van der Waals surface area contributed by atoms with Crippen LogP contribution in [0.1, 0.15) is 23.6 Å². The van der Waals surface area contributed by atoms with Crippen LogP contribution >= 0.6 is 0 Å².